The highest BCUT2D eigenvalue weighted by atomic mass is 35.5. The Morgan fingerprint density at radius 2 is 1.72 bits per heavy atom. The van der Waals surface area contributed by atoms with Gasteiger partial charge in [-0.1, -0.05) is 75.7 Å². The van der Waals surface area contributed by atoms with Gasteiger partial charge in [-0.25, -0.2) is 0 Å². The van der Waals surface area contributed by atoms with Gasteiger partial charge in [0.2, 0.25) is 5.91 Å². The Kier molecular flexibility index (Phi) is 7.89. The van der Waals surface area contributed by atoms with Crippen LogP contribution in [0.3, 0.4) is 0 Å². The van der Waals surface area contributed by atoms with Crippen LogP contribution in [0.5, 0.6) is 0 Å². The summed E-state index contributed by atoms with van der Waals surface area (Å²) in [6.45, 7) is 11.2. The number of carbonyl (C=O) groups is 2. The van der Waals surface area contributed by atoms with Crippen molar-refractivity contribution in [3.05, 3.63) is 70.7 Å². The van der Waals surface area contributed by atoms with Crippen LogP contribution in [0, 0.1) is 23.2 Å². The van der Waals surface area contributed by atoms with Crippen LogP contribution in [0.4, 0.5) is 0 Å². The molecule has 4 fully saturated rings. The highest BCUT2D eigenvalue weighted by molar-refractivity contribution is 6.47. The zero-order valence-electron chi connectivity index (χ0n) is 23.6. The number of hydrogen-bond acceptors (Lipinski definition) is 4. The van der Waals surface area contributed by atoms with Gasteiger partial charge in [0, 0.05) is 10.6 Å². The Labute approximate surface area is 237 Å². The van der Waals surface area contributed by atoms with E-state index in [4.69, 9.17) is 20.9 Å². The van der Waals surface area contributed by atoms with Crippen molar-refractivity contribution < 1.29 is 18.9 Å². The largest absolute Gasteiger partial charge is 0.481 e. The predicted octanol–water partition coefficient (Wildman–Crippen LogP) is 6.00. The summed E-state index contributed by atoms with van der Waals surface area (Å²) in [5, 5.41) is 6.74. The van der Waals surface area contributed by atoms with Crippen molar-refractivity contribution in [2.75, 3.05) is 0 Å². The van der Waals surface area contributed by atoms with Crippen molar-refractivity contribution in [2.45, 2.75) is 84.0 Å². The van der Waals surface area contributed by atoms with E-state index in [1.807, 2.05) is 36.4 Å². The van der Waals surface area contributed by atoms with Crippen LogP contribution in [0.2, 0.25) is 5.02 Å². The fourth-order valence-corrected chi connectivity index (χ4v) is 7.36. The van der Waals surface area contributed by atoms with Crippen molar-refractivity contribution in [1.29, 1.82) is 0 Å². The SMILES string of the molecule is CC(C)C[C@H](NC(=O)CC(NC(=O)c1ccccc1)c1ccccc1Cl)B1O[C@@H]2CC3CC(C3(C)C)[C@]2(C)O1. The summed E-state index contributed by atoms with van der Waals surface area (Å²) in [7, 11) is -0.501. The van der Waals surface area contributed by atoms with E-state index in [-0.39, 0.29) is 41.3 Å². The lowest BCUT2D eigenvalue weighted by Gasteiger charge is -2.64. The molecule has 2 aromatic rings. The molecular weight excluding hydrogens is 511 g/mol. The van der Waals surface area contributed by atoms with Gasteiger partial charge in [0.15, 0.2) is 0 Å². The van der Waals surface area contributed by atoms with Gasteiger partial charge in [0.25, 0.3) is 5.91 Å². The second-order valence-corrected chi connectivity index (χ2v) is 13.2. The molecule has 6 atom stereocenters. The molecular formula is C31H40BClN2O4. The molecule has 1 heterocycles. The third kappa shape index (κ3) is 5.50. The molecule has 208 valence electrons. The molecule has 4 aliphatic rings. The smallest absolute Gasteiger partial charge is 0.404 e. The Morgan fingerprint density at radius 3 is 2.38 bits per heavy atom. The molecule has 0 aromatic heterocycles. The minimum absolute atomic E-state index is 0.0437. The molecule has 1 aliphatic heterocycles. The highest BCUT2D eigenvalue weighted by Crippen LogP contribution is 2.65. The Morgan fingerprint density at radius 1 is 1.03 bits per heavy atom. The number of benzene rings is 2. The minimum Gasteiger partial charge on any atom is -0.404 e. The van der Waals surface area contributed by atoms with E-state index < -0.39 is 13.2 Å². The predicted molar refractivity (Wildman–Crippen MR) is 154 cm³/mol. The van der Waals surface area contributed by atoms with Crippen LogP contribution in [0.15, 0.2) is 54.6 Å². The average molecular weight is 551 g/mol. The fraction of sp³-hybridized carbons (Fsp3) is 0.548. The number of amides is 2. The Balaban J connectivity index is 1.32. The van der Waals surface area contributed by atoms with E-state index >= 15 is 0 Å². The monoisotopic (exact) mass is 550 g/mol. The van der Waals surface area contributed by atoms with E-state index in [9.17, 15) is 9.59 Å². The maximum Gasteiger partial charge on any atom is 0.481 e. The lowest BCUT2D eigenvalue weighted by molar-refractivity contribution is -0.199. The quantitative estimate of drug-likeness (QED) is 0.376. The van der Waals surface area contributed by atoms with Crippen LogP contribution in [0.1, 0.15) is 82.3 Å². The molecule has 0 radical (unpaired) electrons. The molecule has 2 aromatic carbocycles. The lowest BCUT2D eigenvalue weighted by Crippen LogP contribution is -2.65. The number of carbonyl (C=O) groups excluding carboxylic acids is 2. The first-order valence-electron chi connectivity index (χ1n) is 14.2. The summed E-state index contributed by atoms with van der Waals surface area (Å²) >= 11 is 6.51. The number of nitrogens with one attached hydrogen (secondary N) is 2. The summed E-state index contributed by atoms with van der Waals surface area (Å²) in [5.41, 5.74) is 1.14. The second kappa shape index (κ2) is 10.9. The number of rotatable bonds is 9. The minimum atomic E-state index is -0.593. The molecule has 8 heteroatoms. The van der Waals surface area contributed by atoms with Crippen molar-refractivity contribution in [2.24, 2.45) is 23.2 Å². The molecule has 3 unspecified atom stereocenters. The van der Waals surface area contributed by atoms with Gasteiger partial charge in [-0.2, -0.15) is 0 Å². The molecule has 39 heavy (non-hydrogen) atoms. The summed E-state index contributed by atoms with van der Waals surface area (Å²) in [4.78, 5) is 26.6. The van der Waals surface area contributed by atoms with Gasteiger partial charge in [-0.05, 0) is 73.1 Å². The third-order valence-corrected chi connectivity index (χ3v) is 9.72. The molecule has 1 saturated heterocycles. The van der Waals surface area contributed by atoms with Crippen LogP contribution in [-0.2, 0) is 14.1 Å². The number of halogens is 1. The normalized spacial score (nSPS) is 28.3. The van der Waals surface area contributed by atoms with Crippen molar-refractivity contribution in [1.82, 2.24) is 10.6 Å². The standard InChI is InChI=1S/C31H40BClN2O4/c1-19(2)15-27(32-38-26-17-21-16-25(30(21,3)4)31(26,5)39-32)35-28(36)18-24(22-13-9-10-14-23(22)33)34-29(37)20-11-7-6-8-12-20/h6-14,19,21,24-27H,15-18H2,1-5H3,(H,34,37)(H,35,36)/t21?,24?,25?,26-,27+,31+/m1/s1. The fourth-order valence-electron chi connectivity index (χ4n) is 7.10. The summed E-state index contributed by atoms with van der Waals surface area (Å²) < 4.78 is 13.2. The van der Waals surface area contributed by atoms with Gasteiger partial charge in [0.1, 0.15) is 0 Å². The van der Waals surface area contributed by atoms with Crippen LogP contribution in [-0.4, -0.2) is 36.6 Å². The van der Waals surface area contributed by atoms with E-state index in [1.165, 1.54) is 6.42 Å². The summed E-state index contributed by atoms with van der Waals surface area (Å²) in [6, 6.07) is 15.7. The molecule has 6 nitrogen and oxygen atoms in total. The highest BCUT2D eigenvalue weighted by Gasteiger charge is 2.68. The van der Waals surface area contributed by atoms with Gasteiger partial charge in [0.05, 0.1) is 30.1 Å². The summed E-state index contributed by atoms with van der Waals surface area (Å²) in [5.74, 6) is 0.707. The molecule has 2 N–H and O–H groups in total. The number of hydrogen-bond donors (Lipinski definition) is 2. The van der Waals surface area contributed by atoms with E-state index in [0.29, 0.717) is 33.9 Å². The van der Waals surface area contributed by atoms with Gasteiger partial charge >= 0.3 is 7.12 Å². The van der Waals surface area contributed by atoms with Gasteiger partial charge < -0.3 is 19.9 Å². The zero-order valence-corrected chi connectivity index (χ0v) is 24.3. The Hall–Kier alpha value is -2.35. The van der Waals surface area contributed by atoms with E-state index in [2.05, 4.69) is 45.3 Å². The first-order valence-corrected chi connectivity index (χ1v) is 14.6. The second-order valence-electron chi connectivity index (χ2n) is 12.8. The third-order valence-electron chi connectivity index (χ3n) is 9.38. The summed E-state index contributed by atoms with van der Waals surface area (Å²) in [6.07, 6.45) is 3.00. The molecule has 6 rings (SSSR count). The first-order chi connectivity index (χ1) is 18.5. The molecule has 3 aliphatic carbocycles. The van der Waals surface area contributed by atoms with E-state index in [0.717, 1.165) is 12.8 Å². The maximum absolute atomic E-state index is 13.6. The Bertz CT molecular complexity index is 1210. The van der Waals surface area contributed by atoms with Crippen LogP contribution >= 0.6 is 11.6 Å². The lowest BCUT2D eigenvalue weighted by atomic mass is 9.43. The maximum atomic E-state index is 13.6. The molecule has 2 bridgehead atoms. The van der Waals surface area contributed by atoms with Crippen molar-refractivity contribution in [3.63, 3.8) is 0 Å². The molecule has 0 spiro atoms. The van der Waals surface area contributed by atoms with Crippen molar-refractivity contribution in [3.8, 4) is 0 Å². The van der Waals surface area contributed by atoms with E-state index in [1.54, 1.807) is 18.2 Å². The topological polar surface area (TPSA) is 76.7 Å². The van der Waals surface area contributed by atoms with Crippen LogP contribution < -0.4 is 10.6 Å². The first kappa shape index (κ1) is 28.2. The van der Waals surface area contributed by atoms with Crippen LogP contribution in [0.25, 0.3) is 0 Å². The average Bonchev–Trinajstić information content (AvgIpc) is 3.25. The van der Waals surface area contributed by atoms with Gasteiger partial charge in [-0.15, -0.1) is 0 Å². The molecule has 2 amide bonds. The van der Waals surface area contributed by atoms with Crippen molar-refractivity contribution >= 4 is 30.5 Å². The van der Waals surface area contributed by atoms with Gasteiger partial charge in [-0.3, -0.25) is 9.59 Å². The zero-order chi connectivity index (χ0) is 27.9. The molecule has 3 saturated carbocycles.